The number of aryl methyl sites for hydroxylation is 1. The third-order valence-electron chi connectivity index (χ3n) is 6.42. The second kappa shape index (κ2) is 6.41. The molecular formula is C18H27NO4S. The summed E-state index contributed by atoms with van der Waals surface area (Å²) in [4.78, 5) is 0. The van der Waals surface area contributed by atoms with Crippen molar-refractivity contribution >= 4 is 10.1 Å². The Bertz CT molecular complexity index is 714. The lowest BCUT2D eigenvalue weighted by atomic mass is 9.52. The molecule has 134 valence electrons. The number of benzene rings is 1. The Morgan fingerprint density at radius 3 is 2.88 bits per heavy atom. The molecule has 1 saturated carbocycles. The van der Waals surface area contributed by atoms with Gasteiger partial charge in [-0.1, -0.05) is 31.0 Å². The van der Waals surface area contributed by atoms with Crippen LogP contribution in [0.4, 0.5) is 0 Å². The lowest BCUT2D eigenvalue weighted by Gasteiger charge is -2.56. The van der Waals surface area contributed by atoms with E-state index >= 15 is 0 Å². The highest BCUT2D eigenvalue weighted by Gasteiger charge is 2.51. The fourth-order valence-corrected chi connectivity index (χ4v) is 5.98. The highest BCUT2D eigenvalue weighted by molar-refractivity contribution is 7.85. The Morgan fingerprint density at radius 1 is 1.25 bits per heavy atom. The van der Waals surface area contributed by atoms with Gasteiger partial charge in [0.2, 0.25) is 0 Å². The summed E-state index contributed by atoms with van der Waals surface area (Å²) in [6.45, 7) is 1.09. The van der Waals surface area contributed by atoms with Crippen LogP contribution in [0.2, 0.25) is 0 Å². The zero-order chi connectivity index (χ0) is 16.1. The van der Waals surface area contributed by atoms with Gasteiger partial charge < -0.3 is 10.8 Å². The Hall–Kier alpha value is -0.950. The predicted octanol–water partition coefficient (Wildman–Crippen LogP) is 1.64. The van der Waals surface area contributed by atoms with Crippen LogP contribution < -0.4 is 5.32 Å². The van der Waals surface area contributed by atoms with E-state index in [1.54, 1.807) is 0 Å². The van der Waals surface area contributed by atoms with Gasteiger partial charge in [0, 0.05) is 11.5 Å². The highest BCUT2D eigenvalue weighted by Crippen LogP contribution is 2.54. The molecule has 1 heterocycles. The maximum absolute atomic E-state index is 11.1. The van der Waals surface area contributed by atoms with Gasteiger partial charge in [-0.3, -0.25) is 4.55 Å². The van der Waals surface area contributed by atoms with Crippen LogP contribution in [0.5, 0.6) is 0 Å². The van der Waals surface area contributed by atoms with Crippen molar-refractivity contribution in [1.29, 1.82) is 0 Å². The van der Waals surface area contributed by atoms with E-state index in [-0.39, 0.29) is 11.2 Å². The Labute approximate surface area is 143 Å². The van der Waals surface area contributed by atoms with Crippen LogP contribution in [0, 0.1) is 5.92 Å². The summed E-state index contributed by atoms with van der Waals surface area (Å²) in [6.07, 6.45) is 7.83. The van der Waals surface area contributed by atoms with Crippen LogP contribution in [0.15, 0.2) is 18.2 Å². The molecule has 0 spiro atoms. The van der Waals surface area contributed by atoms with Gasteiger partial charge in [-0.05, 0) is 61.3 Å². The molecular weight excluding hydrogens is 326 g/mol. The molecule has 0 aromatic heterocycles. The molecule has 5 nitrogen and oxygen atoms in total. The third kappa shape index (κ3) is 2.90. The minimum atomic E-state index is -3.91. The summed E-state index contributed by atoms with van der Waals surface area (Å²) in [5.41, 5.74) is 4.24. The highest BCUT2D eigenvalue weighted by atomic mass is 32.2. The zero-order valence-corrected chi connectivity index (χ0v) is 14.7. The first-order valence-electron chi connectivity index (χ1n) is 8.79. The number of nitrogens with one attached hydrogen (secondary N) is 1. The second-order valence-corrected chi connectivity index (χ2v) is 9.07. The van der Waals surface area contributed by atoms with Crippen LogP contribution in [0.25, 0.3) is 0 Å². The summed E-state index contributed by atoms with van der Waals surface area (Å²) >= 11 is 0. The van der Waals surface area contributed by atoms with E-state index in [0.717, 1.165) is 24.4 Å². The fraction of sp³-hybridized carbons (Fsp3) is 0.667. The van der Waals surface area contributed by atoms with Gasteiger partial charge in [0.25, 0.3) is 10.1 Å². The zero-order valence-electron chi connectivity index (χ0n) is 13.9. The number of hydrogen-bond acceptors (Lipinski definition) is 3. The first kappa shape index (κ1) is 17.9. The molecule has 2 aliphatic carbocycles. The molecule has 24 heavy (non-hydrogen) atoms. The van der Waals surface area contributed by atoms with Crippen molar-refractivity contribution in [3.8, 4) is 0 Å². The van der Waals surface area contributed by atoms with Crippen LogP contribution >= 0.6 is 0 Å². The number of rotatable bonds is 3. The minimum absolute atomic E-state index is 0. The summed E-state index contributed by atoms with van der Waals surface area (Å²) in [5.74, 6) is 0.548. The average Bonchev–Trinajstić information content (AvgIpc) is 2.52. The van der Waals surface area contributed by atoms with E-state index in [9.17, 15) is 8.42 Å². The van der Waals surface area contributed by atoms with Crippen LogP contribution in [-0.4, -0.2) is 36.8 Å². The summed E-state index contributed by atoms with van der Waals surface area (Å²) in [7, 11) is -3.91. The minimum Gasteiger partial charge on any atom is -0.412 e. The van der Waals surface area contributed by atoms with E-state index in [0.29, 0.717) is 17.9 Å². The van der Waals surface area contributed by atoms with Crippen molar-refractivity contribution in [2.45, 2.75) is 56.4 Å². The molecule has 3 atom stereocenters. The molecule has 0 radical (unpaired) electrons. The molecule has 2 fully saturated rings. The SMILES string of the molecule is O.O=S(=O)(O)CCc1cccc2c1C[C@H]1NCC[C@@]23CCCC[C@@H]13. The van der Waals surface area contributed by atoms with Crippen LogP contribution in [0.3, 0.4) is 0 Å². The first-order chi connectivity index (χ1) is 11.0. The van der Waals surface area contributed by atoms with E-state index in [1.165, 1.54) is 43.2 Å². The molecule has 1 aromatic carbocycles. The number of fused-ring (bicyclic) bond motifs is 1. The average molecular weight is 353 g/mol. The van der Waals surface area contributed by atoms with Crippen molar-refractivity contribution in [2.24, 2.45) is 5.92 Å². The van der Waals surface area contributed by atoms with Crippen LogP contribution in [0.1, 0.15) is 48.8 Å². The normalized spacial score (nSPS) is 31.5. The van der Waals surface area contributed by atoms with Gasteiger partial charge in [0.15, 0.2) is 0 Å². The molecule has 1 aliphatic heterocycles. The summed E-state index contributed by atoms with van der Waals surface area (Å²) in [6, 6.07) is 6.94. The maximum Gasteiger partial charge on any atom is 0.265 e. The molecule has 6 heteroatoms. The largest absolute Gasteiger partial charge is 0.412 e. The number of hydrogen-bond donors (Lipinski definition) is 2. The molecule has 3 aliphatic rings. The van der Waals surface area contributed by atoms with Crippen molar-refractivity contribution in [3.05, 3.63) is 34.9 Å². The molecule has 0 amide bonds. The summed E-state index contributed by atoms with van der Waals surface area (Å²) in [5, 5.41) is 3.72. The van der Waals surface area contributed by atoms with Crippen LogP contribution in [-0.2, 0) is 28.4 Å². The van der Waals surface area contributed by atoms with E-state index in [2.05, 4.69) is 17.4 Å². The second-order valence-electron chi connectivity index (χ2n) is 7.50. The fourth-order valence-electron chi connectivity index (χ4n) is 5.50. The quantitative estimate of drug-likeness (QED) is 0.807. The number of piperidine rings is 1. The Balaban J connectivity index is 0.00000169. The van der Waals surface area contributed by atoms with E-state index < -0.39 is 10.1 Å². The molecule has 2 bridgehead atoms. The van der Waals surface area contributed by atoms with E-state index in [1.807, 2.05) is 6.07 Å². The molecule has 0 unspecified atom stereocenters. The molecule has 4 N–H and O–H groups in total. The van der Waals surface area contributed by atoms with Gasteiger partial charge >= 0.3 is 0 Å². The third-order valence-corrected chi connectivity index (χ3v) is 7.14. The van der Waals surface area contributed by atoms with Gasteiger partial charge in [-0.15, -0.1) is 0 Å². The van der Waals surface area contributed by atoms with Gasteiger partial charge in [0.05, 0.1) is 5.75 Å². The Morgan fingerprint density at radius 2 is 2.08 bits per heavy atom. The van der Waals surface area contributed by atoms with Gasteiger partial charge in [0.1, 0.15) is 0 Å². The lowest BCUT2D eigenvalue weighted by molar-refractivity contribution is 0.0795. The Kier molecular flexibility index (Phi) is 4.77. The van der Waals surface area contributed by atoms with Crippen molar-refractivity contribution in [2.75, 3.05) is 12.3 Å². The predicted molar refractivity (Wildman–Crippen MR) is 93.9 cm³/mol. The van der Waals surface area contributed by atoms with Gasteiger partial charge in [-0.25, -0.2) is 0 Å². The van der Waals surface area contributed by atoms with Crippen molar-refractivity contribution in [1.82, 2.24) is 5.32 Å². The van der Waals surface area contributed by atoms with E-state index in [4.69, 9.17) is 4.55 Å². The standard InChI is InChI=1S/C18H25NO3S.H2O/c20-23(21,22)11-7-13-4-3-6-15-14(13)12-17-16-5-1-2-8-18(15,16)9-10-19-17;/h3-4,6,16-17,19H,1-2,5,7-12H2,(H,20,21,22);1H2/t16-,17+,18-;/m0./s1. The molecule has 1 aromatic rings. The first-order valence-corrected chi connectivity index (χ1v) is 10.4. The lowest BCUT2D eigenvalue weighted by Crippen LogP contribution is -2.59. The smallest absolute Gasteiger partial charge is 0.265 e. The van der Waals surface area contributed by atoms with Crippen molar-refractivity contribution in [3.63, 3.8) is 0 Å². The molecule has 1 saturated heterocycles. The van der Waals surface area contributed by atoms with Crippen molar-refractivity contribution < 1.29 is 18.4 Å². The maximum atomic E-state index is 11.1. The van der Waals surface area contributed by atoms with Gasteiger partial charge in [-0.2, -0.15) is 8.42 Å². The topological polar surface area (TPSA) is 97.9 Å². The summed E-state index contributed by atoms with van der Waals surface area (Å²) < 4.78 is 31.4. The molecule has 4 rings (SSSR count). The monoisotopic (exact) mass is 353 g/mol.